The van der Waals surface area contributed by atoms with Crippen LogP contribution in [-0.2, 0) is 28.6 Å². The third-order valence-electron chi connectivity index (χ3n) is 12.9. The molecule has 1 unspecified atom stereocenters. The Morgan fingerprint density at radius 2 is 0.574 bits per heavy atom. The van der Waals surface area contributed by atoms with Crippen LogP contribution in [0.2, 0.25) is 0 Å². The van der Waals surface area contributed by atoms with Gasteiger partial charge in [-0.3, -0.25) is 14.4 Å². The van der Waals surface area contributed by atoms with E-state index in [2.05, 4.69) is 27.7 Å². The smallest absolute Gasteiger partial charge is 0.306 e. The van der Waals surface area contributed by atoms with Crippen LogP contribution in [0.25, 0.3) is 0 Å². The quantitative estimate of drug-likeness (QED) is 0.0344. The Kier molecular flexibility index (Phi) is 48.1. The molecule has 0 amide bonds. The SMILES string of the molecule is CCCCCCCCCCCCCCCCCCC(=O)OC[C@H](COC(=O)CCCCCCCCCCC(C)CC)OC(=O)CCCCCCCCCCCCCCCCC. The van der Waals surface area contributed by atoms with Crippen LogP contribution in [0.15, 0.2) is 0 Å². The van der Waals surface area contributed by atoms with Crippen LogP contribution in [0.1, 0.15) is 310 Å². The highest BCUT2D eigenvalue weighted by Crippen LogP contribution is 2.18. The molecule has 0 rings (SSSR count). The van der Waals surface area contributed by atoms with Crippen LogP contribution in [-0.4, -0.2) is 37.2 Å². The number of hydrogen-bond acceptors (Lipinski definition) is 6. The lowest BCUT2D eigenvalue weighted by molar-refractivity contribution is -0.167. The van der Waals surface area contributed by atoms with Crippen LogP contribution in [0.5, 0.6) is 0 Å². The molecule has 61 heavy (non-hydrogen) atoms. The summed E-state index contributed by atoms with van der Waals surface area (Å²) in [5.41, 5.74) is 0. The maximum Gasteiger partial charge on any atom is 0.306 e. The summed E-state index contributed by atoms with van der Waals surface area (Å²) in [5, 5.41) is 0. The zero-order chi connectivity index (χ0) is 44.5. The van der Waals surface area contributed by atoms with E-state index in [1.54, 1.807) is 0 Å². The number of unbranched alkanes of at least 4 members (excludes halogenated alkanes) is 36. The molecule has 0 N–H and O–H groups in total. The van der Waals surface area contributed by atoms with Gasteiger partial charge in [0.1, 0.15) is 13.2 Å². The molecule has 0 aromatic carbocycles. The predicted molar refractivity (Wildman–Crippen MR) is 261 cm³/mol. The molecule has 0 heterocycles. The van der Waals surface area contributed by atoms with Crippen molar-refractivity contribution in [2.45, 2.75) is 316 Å². The molecule has 0 aliphatic heterocycles. The molecule has 0 aliphatic carbocycles. The molecule has 0 aliphatic rings. The van der Waals surface area contributed by atoms with Gasteiger partial charge in [-0.2, -0.15) is 0 Å². The fourth-order valence-corrected chi connectivity index (χ4v) is 8.36. The normalized spacial score (nSPS) is 12.4. The van der Waals surface area contributed by atoms with E-state index >= 15 is 0 Å². The van der Waals surface area contributed by atoms with Gasteiger partial charge in [0.05, 0.1) is 0 Å². The summed E-state index contributed by atoms with van der Waals surface area (Å²) in [6.45, 7) is 9.05. The molecule has 0 radical (unpaired) electrons. The lowest BCUT2D eigenvalue weighted by atomic mass is 9.99. The Labute approximate surface area is 380 Å². The van der Waals surface area contributed by atoms with Gasteiger partial charge in [0, 0.05) is 19.3 Å². The molecule has 362 valence electrons. The molecular formula is C55H106O6. The van der Waals surface area contributed by atoms with E-state index in [0.717, 1.165) is 63.7 Å². The topological polar surface area (TPSA) is 78.9 Å². The molecule has 6 heteroatoms. The van der Waals surface area contributed by atoms with Crippen LogP contribution in [0.4, 0.5) is 0 Å². The maximum atomic E-state index is 12.8. The summed E-state index contributed by atoms with van der Waals surface area (Å²) in [6.07, 6.45) is 52.2. The van der Waals surface area contributed by atoms with Gasteiger partial charge in [0.2, 0.25) is 0 Å². The summed E-state index contributed by atoms with van der Waals surface area (Å²) in [7, 11) is 0. The Morgan fingerprint density at radius 1 is 0.328 bits per heavy atom. The molecule has 0 bridgehead atoms. The van der Waals surface area contributed by atoms with E-state index in [9.17, 15) is 14.4 Å². The van der Waals surface area contributed by atoms with Gasteiger partial charge >= 0.3 is 17.9 Å². The molecular weight excluding hydrogens is 757 g/mol. The van der Waals surface area contributed by atoms with E-state index in [0.29, 0.717) is 19.3 Å². The molecule has 0 spiro atoms. The van der Waals surface area contributed by atoms with E-state index in [4.69, 9.17) is 14.2 Å². The number of hydrogen-bond donors (Lipinski definition) is 0. The molecule has 0 fully saturated rings. The van der Waals surface area contributed by atoms with Crippen molar-refractivity contribution in [2.75, 3.05) is 13.2 Å². The molecule has 2 atom stereocenters. The summed E-state index contributed by atoms with van der Waals surface area (Å²) in [6, 6.07) is 0. The van der Waals surface area contributed by atoms with Crippen LogP contribution in [0.3, 0.4) is 0 Å². The van der Waals surface area contributed by atoms with Crippen LogP contribution in [0, 0.1) is 5.92 Å². The average molecular weight is 863 g/mol. The molecule has 6 nitrogen and oxygen atoms in total. The standard InChI is InChI=1S/C55H106O6/c1-5-8-10-12-14-16-18-20-22-24-25-27-29-34-38-42-46-53(56)59-49-52(50-60-54(57)47-43-39-35-32-31-33-37-41-45-51(4)7-3)61-55(58)48-44-40-36-30-28-26-23-21-19-17-15-13-11-9-6-2/h51-52H,5-50H2,1-4H3/t51?,52-/m1/s1. The van der Waals surface area contributed by atoms with Gasteiger partial charge in [0.25, 0.3) is 0 Å². The van der Waals surface area contributed by atoms with Gasteiger partial charge < -0.3 is 14.2 Å². The van der Waals surface area contributed by atoms with Gasteiger partial charge in [-0.05, 0) is 25.2 Å². The second-order valence-electron chi connectivity index (χ2n) is 19.1. The van der Waals surface area contributed by atoms with Crippen molar-refractivity contribution < 1.29 is 28.6 Å². The number of carbonyl (C=O) groups excluding carboxylic acids is 3. The van der Waals surface area contributed by atoms with Gasteiger partial charge in [-0.1, -0.05) is 272 Å². The summed E-state index contributed by atoms with van der Waals surface area (Å²) >= 11 is 0. The molecule has 0 aromatic heterocycles. The summed E-state index contributed by atoms with van der Waals surface area (Å²) in [4.78, 5) is 38.0. The monoisotopic (exact) mass is 863 g/mol. The molecule has 0 saturated heterocycles. The van der Waals surface area contributed by atoms with E-state index < -0.39 is 6.10 Å². The lowest BCUT2D eigenvalue weighted by Crippen LogP contribution is -2.30. The minimum absolute atomic E-state index is 0.0626. The predicted octanol–water partition coefficient (Wildman–Crippen LogP) is 17.8. The van der Waals surface area contributed by atoms with Crippen molar-refractivity contribution in [3.8, 4) is 0 Å². The Morgan fingerprint density at radius 3 is 0.852 bits per heavy atom. The Balaban J connectivity index is 4.30. The third-order valence-corrected chi connectivity index (χ3v) is 12.9. The minimum atomic E-state index is -0.761. The number of rotatable bonds is 50. The van der Waals surface area contributed by atoms with Crippen molar-refractivity contribution in [1.82, 2.24) is 0 Å². The zero-order valence-electron chi connectivity index (χ0n) is 41.6. The first-order valence-electron chi connectivity index (χ1n) is 27.4. The molecule has 0 aromatic rings. The number of carbonyl (C=O) groups is 3. The van der Waals surface area contributed by atoms with Crippen molar-refractivity contribution in [1.29, 1.82) is 0 Å². The first-order valence-corrected chi connectivity index (χ1v) is 27.4. The first kappa shape index (κ1) is 59.4. The van der Waals surface area contributed by atoms with Crippen molar-refractivity contribution in [3.63, 3.8) is 0 Å². The third kappa shape index (κ3) is 47.7. The number of ether oxygens (including phenoxy) is 3. The van der Waals surface area contributed by atoms with E-state index in [1.807, 2.05) is 0 Å². The largest absolute Gasteiger partial charge is 0.462 e. The van der Waals surface area contributed by atoms with Crippen molar-refractivity contribution in [2.24, 2.45) is 5.92 Å². The minimum Gasteiger partial charge on any atom is -0.462 e. The highest BCUT2D eigenvalue weighted by molar-refractivity contribution is 5.71. The second-order valence-corrected chi connectivity index (χ2v) is 19.1. The van der Waals surface area contributed by atoms with Crippen molar-refractivity contribution in [3.05, 3.63) is 0 Å². The molecule has 0 saturated carbocycles. The van der Waals surface area contributed by atoms with Gasteiger partial charge in [-0.15, -0.1) is 0 Å². The Bertz CT molecular complexity index is 920. The summed E-state index contributed by atoms with van der Waals surface area (Å²) in [5.74, 6) is 0.00678. The van der Waals surface area contributed by atoms with Crippen molar-refractivity contribution >= 4 is 17.9 Å². The van der Waals surface area contributed by atoms with Gasteiger partial charge in [-0.25, -0.2) is 0 Å². The Hall–Kier alpha value is -1.59. The fourth-order valence-electron chi connectivity index (χ4n) is 8.36. The second kappa shape index (κ2) is 49.4. The zero-order valence-corrected chi connectivity index (χ0v) is 41.6. The highest BCUT2D eigenvalue weighted by Gasteiger charge is 2.19. The average Bonchev–Trinajstić information content (AvgIpc) is 3.26. The van der Waals surface area contributed by atoms with E-state index in [-0.39, 0.29) is 31.1 Å². The summed E-state index contributed by atoms with van der Waals surface area (Å²) < 4.78 is 16.8. The first-order chi connectivity index (χ1) is 29.9. The lowest BCUT2D eigenvalue weighted by Gasteiger charge is -2.18. The fraction of sp³-hybridized carbons (Fsp3) is 0.945. The maximum absolute atomic E-state index is 12.8. The van der Waals surface area contributed by atoms with Crippen LogP contribution >= 0.6 is 0 Å². The highest BCUT2D eigenvalue weighted by atomic mass is 16.6. The number of esters is 3. The van der Waals surface area contributed by atoms with Crippen LogP contribution < -0.4 is 0 Å². The van der Waals surface area contributed by atoms with E-state index in [1.165, 1.54) is 205 Å². The van der Waals surface area contributed by atoms with Gasteiger partial charge in [0.15, 0.2) is 6.10 Å².